The molecule has 3 N–H and O–H groups in total. The highest BCUT2D eigenvalue weighted by atomic mass is 16.3. The van der Waals surface area contributed by atoms with Crippen molar-refractivity contribution in [1.29, 1.82) is 0 Å². The summed E-state index contributed by atoms with van der Waals surface area (Å²) in [6, 6.07) is 21.0. The van der Waals surface area contributed by atoms with E-state index >= 15 is 0 Å². The molecule has 0 saturated heterocycles. The van der Waals surface area contributed by atoms with E-state index in [0.717, 1.165) is 21.9 Å². The summed E-state index contributed by atoms with van der Waals surface area (Å²) in [5.41, 5.74) is 2.91. The normalized spacial score (nSPS) is 14.3. The second kappa shape index (κ2) is 6.41. The molecule has 4 rings (SSSR count). The zero-order chi connectivity index (χ0) is 18.1. The number of fused-ring (bicyclic) bond motifs is 1. The van der Waals surface area contributed by atoms with E-state index in [1.165, 1.54) is 0 Å². The lowest BCUT2D eigenvalue weighted by Gasteiger charge is -2.25. The van der Waals surface area contributed by atoms with Crippen molar-refractivity contribution in [2.75, 3.05) is 0 Å². The molecule has 26 heavy (non-hydrogen) atoms. The monoisotopic (exact) mass is 342 g/mol. The van der Waals surface area contributed by atoms with Gasteiger partial charge in [-0.25, -0.2) is 0 Å². The molecule has 0 fully saturated rings. The summed E-state index contributed by atoms with van der Waals surface area (Å²) in [5.74, 6) is 0.417. The Morgan fingerprint density at radius 2 is 1.62 bits per heavy atom. The van der Waals surface area contributed by atoms with Crippen LogP contribution in [0.25, 0.3) is 16.5 Å². The first-order chi connectivity index (χ1) is 12.6. The second-order valence-corrected chi connectivity index (χ2v) is 6.24. The van der Waals surface area contributed by atoms with E-state index < -0.39 is 0 Å². The van der Waals surface area contributed by atoms with Crippen LogP contribution in [0.4, 0.5) is 0 Å². The van der Waals surface area contributed by atoms with Crippen molar-refractivity contribution in [2.24, 2.45) is 0 Å². The Kier molecular flexibility index (Phi) is 3.93. The van der Waals surface area contributed by atoms with Gasteiger partial charge in [-0.3, -0.25) is 4.79 Å². The Labute approximate surface area is 151 Å². The molecule has 1 aliphatic rings. The largest absolute Gasteiger partial charge is 0.508 e. The fraction of sp³-hybridized carbons (Fsp3) is 0.0455. The number of aromatic hydroxyl groups is 1. The molecule has 0 spiro atoms. The average molecular weight is 342 g/mol. The predicted octanol–water partition coefficient (Wildman–Crippen LogP) is 3.69. The lowest BCUT2D eigenvalue weighted by molar-refractivity contribution is -0.117. The van der Waals surface area contributed by atoms with Gasteiger partial charge in [-0.15, -0.1) is 0 Å². The van der Waals surface area contributed by atoms with Crippen molar-refractivity contribution in [3.63, 3.8) is 0 Å². The average Bonchev–Trinajstić information content (AvgIpc) is 2.66. The maximum absolute atomic E-state index is 12.7. The summed E-state index contributed by atoms with van der Waals surface area (Å²) in [5, 5.41) is 18.3. The molecular formula is C22H18N2O2. The van der Waals surface area contributed by atoms with Gasteiger partial charge in [0.1, 0.15) is 11.6 Å². The molecule has 3 aromatic rings. The number of hydrogen-bond donors (Lipinski definition) is 3. The van der Waals surface area contributed by atoms with Gasteiger partial charge < -0.3 is 15.7 Å². The molecule has 0 unspecified atom stereocenters. The molecule has 128 valence electrons. The molecule has 4 nitrogen and oxygen atoms in total. The molecule has 0 aromatic heterocycles. The van der Waals surface area contributed by atoms with Crippen molar-refractivity contribution in [3.05, 3.63) is 95.8 Å². The third kappa shape index (κ3) is 2.82. The maximum Gasteiger partial charge on any atom is 0.255 e. The van der Waals surface area contributed by atoms with Gasteiger partial charge in [-0.1, -0.05) is 67.2 Å². The minimum Gasteiger partial charge on any atom is -0.508 e. The molecule has 0 radical (unpaired) electrons. The Morgan fingerprint density at radius 1 is 0.885 bits per heavy atom. The van der Waals surface area contributed by atoms with E-state index in [-0.39, 0.29) is 11.7 Å². The highest BCUT2D eigenvalue weighted by Gasteiger charge is 2.24. The summed E-state index contributed by atoms with van der Waals surface area (Å²) in [4.78, 5) is 12.7. The summed E-state index contributed by atoms with van der Waals surface area (Å²) >= 11 is 0. The molecule has 1 aliphatic heterocycles. The molecule has 4 heteroatoms. The zero-order valence-electron chi connectivity index (χ0n) is 14.1. The molecule has 1 heterocycles. The number of benzene rings is 3. The number of phenols is 1. The quantitative estimate of drug-likeness (QED) is 0.680. The lowest BCUT2D eigenvalue weighted by Crippen LogP contribution is -2.38. The van der Waals surface area contributed by atoms with Crippen LogP contribution >= 0.6 is 0 Å². The summed E-state index contributed by atoms with van der Waals surface area (Å²) < 4.78 is 0. The molecule has 0 atom stereocenters. The van der Waals surface area contributed by atoms with Crippen LogP contribution < -0.4 is 10.6 Å². The standard InChI is InChI=1S/C22H18N2O2/c1-14-23-21(16-8-3-2-4-9-16)19(22(26)24-14)13-18-17-10-6-5-7-15(17)11-12-20(18)25/h2-12,23,25H,1,13H2,(H,24,26). The molecule has 3 aromatic carbocycles. The van der Waals surface area contributed by atoms with Crippen LogP contribution in [0, 0.1) is 0 Å². The Morgan fingerprint density at radius 3 is 2.42 bits per heavy atom. The van der Waals surface area contributed by atoms with Gasteiger partial charge in [-0.2, -0.15) is 0 Å². The highest BCUT2D eigenvalue weighted by molar-refractivity contribution is 6.05. The molecule has 0 saturated carbocycles. The van der Waals surface area contributed by atoms with Gasteiger partial charge in [-0.05, 0) is 22.4 Å². The minimum absolute atomic E-state index is 0.181. The third-order valence-electron chi connectivity index (χ3n) is 4.55. The van der Waals surface area contributed by atoms with E-state index in [0.29, 0.717) is 23.5 Å². The Balaban J connectivity index is 1.89. The van der Waals surface area contributed by atoms with E-state index in [1.807, 2.05) is 60.7 Å². The van der Waals surface area contributed by atoms with Crippen LogP contribution in [0.1, 0.15) is 11.1 Å². The number of carbonyl (C=O) groups excluding carboxylic acids is 1. The fourth-order valence-electron chi connectivity index (χ4n) is 3.29. The number of amides is 1. The third-order valence-corrected chi connectivity index (χ3v) is 4.55. The summed E-state index contributed by atoms with van der Waals surface area (Å²) in [7, 11) is 0. The smallest absolute Gasteiger partial charge is 0.255 e. The predicted molar refractivity (Wildman–Crippen MR) is 103 cm³/mol. The minimum atomic E-state index is -0.208. The summed E-state index contributed by atoms with van der Waals surface area (Å²) in [6.45, 7) is 3.82. The van der Waals surface area contributed by atoms with Crippen molar-refractivity contribution < 1.29 is 9.90 Å². The van der Waals surface area contributed by atoms with Crippen molar-refractivity contribution >= 4 is 22.4 Å². The lowest BCUT2D eigenvalue weighted by atomic mass is 9.93. The van der Waals surface area contributed by atoms with E-state index in [1.54, 1.807) is 6.07 Å². The van der Waals surface area contributed by atoms with Gasteiger partial charge in [0.05, 0.1) is 5.70 Å². The van der Waals surface area contributed by atoms with Gasteiger partial charge in [0, 0.05) is 17.6 Å². The van der Waals surface area contributed by atoms with Crippen LogP contribution in [-0.4, -0.2) is 11.0 Å². The van der Waals surface area contributed by atoms with E-state index in [2.05, 4.69) is 17.2 Å². The van der Waals surface area contributed by atoms with Crippen LogP contribution in [0.15, 0.2) is 84.7 Å². The first-order valence-corrected chi connectivity index (χ1v) is 8.39. The fourth-order valence-corrected chi connectivity index (χ4v) is 3.29. The van der Waals surface area contributed by atoms with Crippen molar-refractivity contribution in [3.8, 4) is 5.75 Å². The number of nitrogens with one attached hydrogen (secondary N) is 2. The first-order valence-electron chi connectivity index (χ1n) is 8.39. The maximum atomic E-state index is 12.7. The van der Waals surface area contributed by atoms with Crippen molar-refractivity contribution in [1.82, 2.24) is 10.6 Å². The second-order valence-electron chi connectivity index (χ2n) is 6.24. The number of carbonyl (C=O) groups is 1. The van der Waals surface area contributed by atoms with E-state index in [4.69, 9.17) is 0 Å². The first kappa shape index (κ1) is 16.0. The Bertz CT molecular complexity index is 1050. The molecule has 1 amide bonds. The van der Waals surface area contributed by atoms with Gasteiger partial charge in [0.15, 0.2) is 0 Å². The zero-order valence-corrected chi connectivity index (χ0v) is 14.1. The van der Waals surface area contributed by atoms with Crippen molar-refractivity contribution in [2.45, 2.75) is 6.42 Å². The number of phenolic OH excluding ortho intramolecular Hbond substituents is 1. The SMILES string of the molecule is C=C1NC(=O)C(Cc2c(O)ccc3ccccc23)=C(c2ccccc2)N1. The van der Waals surface area contributed by atoms with Gasteiger partial charge >= 0.3 is 0 Å². The van der Waals surface area contributed by atoms with Gasteiger partial charge in [0.2, 0.25) is 0 Å². The van der Waals surface area contributed by atoms with Crippen LogP contribution in [0.2, 0.25) is 0 Å². The van der Waals surface area contributed by atoms with Gasteiger partial charge in [0.25, 0.3) is 5.91 Å². The summed E-state index contributed by atoms with van der Waals surface area (Å²) in [6.07, 6.45) is 0.309. The number of rotatable bonds is 3. The molecule has 0 aliphatic carbocycles. The van der Waals surface area contributed by atoms with E-state index in [9.17, 15) is 9.90 Å². The highest BCUT2D eigenvalue weighted by Crippen LogP contribution is 2.32. The topological polar surface area (TPSA) is 61.4 Å². The Hall–Kier alpha value is -3.53. The van der Waals surface area contributed by atoms with Crippen LogP contribution in [-0.2, 0) is 11.2 Å². The molecular weight excluding hydrogens is 324 g/mol. The number of hydrogen-bond acceptors (Lipinski definition) is 3. The molecule has 0 bridgehead atoms. The van der Waals surface area contributed by atoms with Crippen LogP contribution in [0.5, 0.6) is 5.75 Å². The van der Waals surface area contributed by atoms with Crippen LogP contribution in [0.3, 0.4) is 0 Å².